The quantitative estimate of drug-likeness (QED) is 0.835. The molecule has 140 valence electrons. The minimum Gasteiger partial charge on any atom is -0.496 e. The standard InChI is InChI=1S/C18H21ClN2O4S/c1-12-5-8-15(9-6-12)26(23,24)21(3)18(22)20-13(2)16-11-14(19)7-10-17(16)25-4/h5-11,13H,1-4H3,(H,20,22). The van der Waals surface area contributed by atoms with E-state index in [2.05, 4.69) is 5.32 Å². The molecule has 1 atom stereocenters. The fourth-order valence-corrected chi connectivity index (χ4v) is 3.62. The van der Waals surface area contributed by atoms with Gasteiger partial charge in [0.25, 0.3) is 10.0 Å². The number of rotatable bonds is 5. The fourth-order valence-electron chi connectivity index (χ4n) is 2.37. The summed E-state index contributed by atoms with van der Waals surface area (Å²) in [7, 11) is -1.22. The van der Waals surface area contributed by atoms with Gasteiger partial charge >= 0.3 is 6.03 Å². The van der Waals surface area contributed by atoms with Crippen LogP contribution in [0.4, 0.5) is 4.79 Å². The average molecular weight is 397 g/mol. The topological polar surface area (TPSA) is 75.7 Å². The summed E-state index contributed by atoms with van der Waals surface area (Å²) < 4.78 is 31.2. The van der Waals surface area contributed by atoms with Gasteiger partial charge in [0.2, 0.25) is 0 Å². The normalized spacial score (nSPS) is 12.3. The van der Waals surface area contributed by atoms with Crippen LogP contribution in [0.3, 0.4) is 0 Å². The van der Waals surface area contributed by atoms with E-state index >= 15 is 0 Å². The number of methoxy groups -OCH3 is 1. The third-order valence-electron chi connectivity index (χ3n) is 3.96. The van der Waals surface area contributed by atoms with Gasteiger partial charge in [0.15, 0.2) is 0 Å². The molecule has 0 saturated heterocycles. The number of carbonyl (C=O) groups excluding carboxylic acids is 1. The SMILES string of the molecule is COc1ccc(Cl)cc1C(C)NC(=O)N(C)S(=O)(=O)c1ccc(C)cc1. The van der Waals surface area contributed by atoms with E-state index in [9.17, 15) is 13.2 Å². The lowest BCUT2D eigenvalue weighted by molar-refractivity contribution is 0.225. The molecule has 2 rings (SSSR count). The first kappa shape index (κ1) is 20.1. The number of nitrogens with one attached hydrogen (secondary N) is 1. The molecular formula is C18H21ClN2O4S. The van der Waals surface area contributed by atoms with E-state index in [0.29, 0.717) is 20.6 Å². The second-order valence-electron chi connectivity index (χ2n) is 5.84. The molecule has 0 aliphatic carbocycles. The summed E-state index contributed by atoms with van der Waals surface area (Å²) in [6.07, 6.45) is 0. The molecule has 2 amide bonds. The Morgan fingerprint density at radius 3 is 2.38 bits per heavy atom. The van der Waals surface area contributed by atoms with Gasteiger partial charge in [0, 0.05) is 17.6 Å². The van der Waals surface area contributed by atoms with Crippen LogP contribution in [0.2, 0.25) is 5.02 Å². The van der Waals surface area contributed by atoms with E-state index in [0.717, 1.165) is 5.56 Å². The maximum Gasteiger partial charge on any atom is 0.331 e. The van der Waals surface area contributed by atoms with Crippen molar-refractivity contribution < 1.29 is 17.9 Å². The molecule has 0 aromatic heterocycles. The van der Waals surface area contributed by atoms with Crippen LogP contribution in [0.1, 0.15) is 24.1 Å². The van der Waals surface area contributed by atoms with Crippen molar-refractivity contribution >= 4 is 27.7 Å². The van der Waals surface area contributed by atoms with Gasteiger partial charge in [-0.2, -0.15) is 0 Å². The van der Waals surface area contributed by atoms with Crippen molar-refractivity contribution in [2.24, 2.45) is 0 Å². The number of halogens is 1. The lowest BCUT2D eigenvalue weighted by Crippen LogP contribution is -2.42. The summed E-state index contributed by atoms with van der Waals surface area (Å²) in [5.74, 6) is 0.547. The van der Waals surface area contributed by atoms with Gasteiger partial charge in [-0.3, -0.25) is 0 Å². The van der Waals surface area contributed by atoms with Crippen molar-refractivity contribution in [1.29, 1.82) is 0 Å². The zero-order chi connectivity index (χ0) is 19.5. The highest BCUT2D eigenvalue weighted by Crippen LogP contribution is 2.28. The van der Waals surface area contributed by atoms with Crippen LogP contribution in [0.15, 0.2) is 47.4 Å². The van der Waals surface area contributed by atoms with Crippen LogP contribution in [-0.2, 0) is 10.0 Å². The predicted octanol–water partition coefficient (Wildman–Crippen LogP) is 3.75. The van der Waals surface area contributed by atoms with Crippen LogP contribution >= 0.6 is 11.6 Å². The lowest BCUT2D eigenvalue weighted by atomic mass is 10.1. The number of ether oxygens (including phenoxy) is 1. The Morgan fingerprint density at radius 2 is 1.81 bits per heavy atom. The number of aryl methyl sites for hydroxylation is 1. The third kappa shape index (κ3) is 4.28. The summed E-state index contributed by atoms with van der Waals surface area (Å²) in [4.78, 5) is 12.5. The van der Waals surface area contributed by atoms with Crippen LogP contribution in [0.5, 0.6) is 5.75 Å². The summed E-state index contributed by atoms with van der Waals surface area (Å²) >= 11 is 6.01. The molecule has 0 aliphatic rings. The highest BCUT2D eigenvalue weighted by atomic mass is 35.5. The van der Waals surface area contributed by atoms with Crippen LogP contribution < -0.4 is 10.1 Å². The zero-order valence-electron chi connectivity index (χ0n) is 15.0. The molecule has 1 unspecified atom stereocenters. The second kappa shape index (κ2) is 7.97. The minimum atomic E-state index is -3.94. The Hall–Kier alpha value is -2.25. The first-order valence-electron chi connectivity index (χ1n) is 7.86. The van der Waals surface area contributed by atoms with Gasteiger partial charge in [-0.1, -0.05) is 29.3 Å². The monoisotopic (exact) mass is 396 g/mol. The van der Waals surface area contributed by atoms with Gasteiger partial charge in [-0.15, -0.1) is 0 Å². The van der Waals surface area contributed by atoms with Crippen LogP contribution in [0, 0.1) is 6.92 Å². The van der Waals surface area contributed by atoms with Gasteiger partial charge in [0.05, 0.1) is 18.0 Å². The number of nitrogens with zero attached hydrogens (tertiary/aromatic N) is 1. The number of urea groups is 1. The minimum absolute atomic E-state index is 0.0498. The van der Waals surface area contributed by atoms with Crippen LogP contribution in [-0.4, -0.2) is 32.9 Å². The Balaban J connectivity index is 2.21. The molecule has 0 saturated carbocycles. The Bertz CT molecular complexity index is 898. The Kier molecular flexibility index (Phi) is 6.15. The third-order valence-corrected chi connectivity index (χ3v) is 5.95. The number of sulfonamides is 1. The van der Waals surface area contributed by atoms with Crippen molar-refractivity contribution in [1.82, 2.24) is 9.62 Å². The molecule has 0 heterocycles. The first-order chi connectivity index (χ1) is 12.2. The maximum atomic E-state index is 12.6. The summed E-state index contributed by atoms with van der Waals surface area (Å²) in [5, 5.41) is 3.14. The summed E-state index contributed by atoms with van der Waals surface area (Å²) in [5.41, 5.74) is 1.58. The maximum absolute atomic E-state index is 12.6. The number of benzene rings is 2. The molecule has 0 aliphatic heterocycles. The molecule has 26 heavy (non-hydrogen) atoms. The molecule has 0 bridgehead atoms. The van der Waals surface area contributed by atoms with Crippen molar-refractivity contribution in [3.63, 3.8) is 0 Å². The summed E-state index contributed by atoms with van der Waals surface area (Å²) in [6, 6.07) is 10.1. The average Bonchev–Trinajstić information content (AvgIpc) is 2.61. The van der Waals surface area contributed by atoms with Gasteiger partial charge in [-0.05, 0) is 44.2 Å². The van der Waals surface area contributed by atoms with Gasteiger partial charge in [-0.25, -0.2) is 17.5 Å². The van der Waals surface area contributed by atoms with E-state index in [1.165, 1.54) is 26.3 Å². The van der Waals surface area contributed by atoms with E-state index in [-0.39, 0.29) is 4.90 Å². The molecule has 8 heteroatoms. The number of hydrogen-bond acceptors (Lipinski definition) is 4. The van der Waals surface area contributed by atoms with Gasteiger partial charge in [0.1, 0.15) is 5.75 Å². The second-order valence-corrected chi connectivity index (χ2v) is 8.25. The number of carbonyl (C=O) groups is 1. The molecule has 1 N–H and O–H groups in total. The molecular weight excluding hydrogens is 376 g/mol. The highest BCUT2D eigenvalue weighted by molar-refractivity contribution is 7.89. The van der Waals surface area contributed by atoms with Crippen LogP contribution in [0.25, 0.3) is 0 Å². The molecule has 0 fully saturated rings. The zero-order valence-corrected chi connectivity index (χ0v) is 16.6. The number of hydrogen-bond donors (Lipinski definition) is 1. The molecule has 0 radical (unpaired) electrons. The molecule has 6 nitrogen and oxygen atoms in total. The van der Waals surface area contributed by atoms with Crippen molar-refractivity contribution in [3.8, 4) is 5.75 Å². The lowest BCUT2D eigenvalue weighted by Gasteiger charge is -2.22. The largest absolute Gasteiger partial charge is 0.496 e. The van der Waals surface area contributed by atoms with Crippen molar-refractivity contribution in [2.75, 3.05) is 14.2 Å². The molecule has 2 aromatic carbocycles. The molecule has 0 spiro atoms. The van der Waals surface area contributed by atoms with E-state index in [1.807, 2.05) is 6.92 Å². The van der Waals surface area contributed by atoms with E-state index in [4.69, 9.17) is 16.3 Å². The Morgan fingerprint density at radius 1 is 1.19 bits per heavy atom. The highest BCUT2D eigenvalue weighted by Gasteiger charge is 2.27. The van der Waals surface area contributed by atoms with Crippen molar-refractivity contribution in [2.45, 2.75) is 24.8 Å². The summed E-state index contributed by atoms with van der Waals surface area (Å²) in [6.45, 7) is 3.57. The Labute approximate surface area is 158 Å². The number of amides is 2. The van der Waals surface area contributed by atoms with Gasteiger partial charge < -0.3 is 10.1 Å². The molecule has 2 aromatic rings. The smallest absolute Gasteiger partial charge is 0.331 e. The fraction of sp³-hybridized carbons (Fsp3) is 0.278. The van der Waals surface area contributed by atoms with E-state index < -0.39 is 22.1 Å². The predicted molar refractivity (Wildman–Crippen MR) is 101 cm³/mol. The first-order valence-corrected chi connectivity index (χ1v) is 9.68. The van der Waals surface area contributed by atoms with Crippen molar-refractivity contribution in [3.05, 3.63) is 58.6 Å². The van der Waals surface area contributed by atoms with E-state index in [1.54, 1.807) is 37.3 Å².